The summed E-state index contributed by atoms with van der Waals surface area (Å²) in [5, 5.41) is 5.93. The zero-order valence-corrected chi connectivity index (χ0v) is 23.0. The molecule has 2 heterocycles. The number of hydrogen-bond donors (Lipinski definition) is 0. The molecule has 6 aromatic rings. The van der Waals surface area contributed by atoms with Gasteiger partial charge in [0.1, 0.15) is 17.9 Å². The zero-order chi connectivity index (χ0) is 26.1. The summed E-state index contributed by atoms with van der Waals surface area (Å²) < 4.78 is 15.4. The Balaban J connectivity index is 1.42. The Bertz CT molecular complexity index is 1870. The highest BCUT2D eigenvalue weighted by Gasteiger charge is 2.17. The minimum atomic E-state index is -0.295. The molecule has 2 aromatic heterocycles. The van der Waals surface area contributed by atoms with Gasteiger partial charge in [-0.25, -0.2) is 4.98 Å². The van der Waals surface area contributed by atoms with Crippen LogP contribution in [-0.4, -0.2) is 15.9 Å². The number of rotatable bonds is 6. The van der Waals surface area contributed by atoms with Crippen LogP contribution in [0.4, 0.5) is 0 Å². The maximum atomic E-state index is 13.6. The molecule has 0 saturated carbocycles. The predicted octanol–water partition coefficient (Wildman–Crippen LogP) is 7.80. The number of aromatic nitrogens is 2. The monoisotopic (exact) mass is 627 g/mol. The number of hydrogen-bond acceptors (Lipinski definition) is 5. The summed E-state index contributed by atoms with van der Waals surface area (Å²) in [6.45, 7) is 0.398. The lowest BCUT2D eigenvalue weighted by Crippen LogP contribution is -2.20. The molecule has 8 heteroatoms. The highest BCUT2D eigenvalue weighted by atomic mass is 79.9. The number of fused-ring (bicyclic) bond motifs is 2. The molecule has 0 radical (unpaired) electrons. The van der Waals surface area contributed by atoms with Crippen LogP contribution < -0.4 is 10.3 Å². The molecule has 0 fully saturated rings. The predicted molar refractivity (Wildman–Crippen MR) is 157 cm³/mol. The molecule has 0 aliphatic carbocycles. The van der Waals surface area contributed by atoms with Crippen LogP contribution in [0.1, 0.15) is 11.1 Å². The van der Waals surface area contributed by atoms with Crippen LogP contribution in [0, 0.1) is 0 Å². The molecule has 6 nitrogen and oxygen atoms in total. The summed E-state index contributed by atoms with van der Waals surface area (Å²) in [4.78, 5) is 18.3. The second-order valence-electron chi connectivity index (χ2n) is 8.56. The van der Waals surface area contributed by atoms with Crippen molar-refractivity contribution in [1.82, 2.24) is 9.66 Å². The van der Waals surface area contributed by atoms with Crippen molar-refractivity contribution in [2.24, 2.45) is 5.10 Å². The summed E-state index contributed by atoms with van der Waals surface area (Å²) in [7, 11) is 0. The third kappa shape index (κ3) is 4.92. The molecule has 0 bridgehead atoms. The van der Waals surface area contributed by atoms with Gasteiger partial charge in [-0.3, -0.25) is 4.79 Å². The van der Waals surface area contributed by atoms with Crippen LogP contribution >= 0.6 is 31.9 Å². The van der Waals surface area contributed by atoms with Gasteiger partial charge in [-0.05, 0) is 66.2 Å². The second-order valence-corrected chi connectivity index (χ2v) is 10.4. The number of halogens is 2. The van der Waals surface area contributed by atoms with E-state index in [9.17, 15) is 4.79 Å². The fourth-order valence-electron chi connectivity index (χ4n) is 4.10. The molecule has 0 atom stereocenters. The molecule has 0 amide bonds. The molecule has 0 unspecified atom stereocenters. The molecular weight excluding hydrogens is 610 g/mol. The van der Waals surface area contributed by atoms with Crippen LogP contribution in [0.2, 0.25) is 0 Å². The Morgan fingerprint density at radius 3 is 2.53 bits per heavy atom. The van der Waals surface area contributed by atoms with Crippen molar-refractivity contribution in [2.75, 3.05) is 0 Å². The zero-order valence-electron chi connectivity index (χ0n) is 19.8. The quantitative estimate of drug-likeness (QED) is 0.177. The minimum Gasteiger partial charge on any atom is -0.488 e. The molecule has 4 aromatic carbocycles. The number of para-hydroxylation sites is 2. The molecule has 0 aliphatic rings. The lowest BCUT2D eigenvalue weighted by atomic mass is 10.2. The lowest BCUT2D eigenvalue weighted by Gasteiger charge is -2.10. The van der Waals surface area contributed by atoms with E-state index < -0.39 is 0 Å². The first-order valence-corrected chi connectivity index (χ1v) is 13.4. The smallest absolute Gasteiger partial charge is 0.282 e. The topological polar surface area (TPSA) is 69.6 Å². The molecule has 0 saturated heterocycles. The maximum Gasteiger partial charge on any atom is 0.282 e. The molecule has 0 aliphatic heterocycles. The van der Waals surface area contributed by atoms with E-state index in [-0.39, 0.29) is 5.56 Å². The standard InChI is InChI=1S/C30H19Br2N3O3/c31-22-11-9-19(10-12-22)18-37-26-8-4-1-5-20(26)17-33-35-29(34-25-7-3-2-6-24(25)30(35)36)28-16-21-15-23(32)13-14-27(21)38-28/h1-17H,18H2. The van der Waals surface area contributed by atoms with Crippen molar-refractivity contribution in [1.29, 1.82) is 0 Å². The first-order chi connectivity index (χ1) is 18.5. The van der Waals surface area contributed by atoms with Gasteiger partial charge in [0.25, 0.3) is 5.56 Å². The minimum absolute atomic E-state index is 0.295. The van der Waals surface area contributed by atoms with Gasteiger partial charge in [0, 0.05) is 19.9 Å². The van der Waals surface area contributed by atoms with Gasteiger partial charge >= 0.3 is 0 Å². The van der Waals surface area contributed by atoms with E-state index in [2.05, 4.69) is 37.0 Å². The van der Waals surface area contributed by atoms with Crippen LogP contribution in [0.25, 0.3) is 33.5 Å². The van der Waals surface area contributed by atoms with Crippen molar-refractivity contribution in [3.8, 4) is 17.3 Å². The van der Waals surface area contributed by atoms with E-state index in [1.54, 1.807) is 18.3 Å². The summed E-state index contributed by atoms with van der Waals surface area (Å²) in [6, 6.07) is 30.3. The third-order valence-corrected chi connectivity index (χ3v) is 7.01. The average molecular weight is 629 g/mol. The molecule has 38 heavy (non-hydrogen) atoms. The SMILES string of the molecule is O=c1c2ccccc2nc(-c2cc3cc(Br)ccc3o2)n1N=Cc1ccccc1OCc1ccc(Br)cc1. The first kappa shape index (κ1) is 24.3. The maximum absolute atomic E-state index is 13.6. The van der Waals surface area contributed by atoms with Crippen molar-refractivity contribution in [3.63, 3.8) is 0 Å². The summed E-state index contributed by atoms with van der Waals surface area (Å²) in [5.74, 6) is 1.40. The lowest BCUT2D eigenvalue weighted by molar-refractivity contribution is 0.306. The highest BCUT2D eigenvalue weighted by Crippen LogP contribution is 2.29. The van der Waals surface area contributed by atoms with E-state index in [0.717, 1.165) is 25.5 Å². The normalized spacial score (nSPS) is 11.5. The molecule has 186 valence electrons. The Morgan fingerprint density at radius 2 is 1.66 bits per heavy atom. The van der Waals surface area contributed by atoms with E-state index in [1.165, 1.54) is 4.68 Å². The highest BCUT2D eigenvalue weighted by molar-refractivity contribution is 9.10. The van der Waals surface area contributed by atoms with Crippen molar-refractivity contribution in [2.45, 2.75) is 6.61 Å². The van der Waals surface area contributed by atoms with Crippen molar-refractivity contribution < 1.29 is 9.15 Å². The Kier molecular flexibility index (Phi) is 6.66. The summed E-state index contributed by atoms with van der Waals surface area (Å²) in [6.07, 6.45) is 1.61. The van der Waals surface area contributed by atoms with Crippen LogP contribution in [0.15, 0.2) is 120 Å². The molecule has 0 spiro atoms. The third-order valence-electron chi connectivity index (χ3n) is 5.99. The molecule has 0 N–H and O–H groups in total. The Hall–Kier alpha value is -4.01. The van der Waals surface area contributed by atoms with E-state index >= 15 is 0 Å². The number of nitrogens with zero attached hydrogens (tertiary/aromatic N) is 3. The first-order valence-electron chi connectivity index (χ1n) is 11.8. The number of ether oxygens (including phenoxy) is 1. The summed E-state index contributed by atoms with van der Waals surface area (Å²) in [5.41, 5.74) is 2.72. The van der Waals surface area contributed by atoms with Gasteiger partial charge in [0.2, 0.25) is 5.82 Å². The number of benzene rings is 4. The fraction of sp³-hybridized carbons (Fsp3) is 0.0333. The van der Waals surface area contributed by atoms with E-state index in [1.807, 2.05) is 84.9 Å². The average Bonchev–Trinajstić information content (AvgIpc) is 3.36. The van der Waals surface area contributed by atoms with Crippen LogP contribution in [0.5, 0.6) is 5.75 Å². The van der Waals surface area contributed by atoms with Gasteiger partial charge in [-0.1, -0.05) is 68.3 Å². The Morgan fingerprint density at radius 1 is 0.895 bits per heavy atom. The van der Waals surface area contributed by atoms with Crippen molar-refractivity contribution in [3.05, 3.63) is 127 Å². The van der Waals surface area contributed by atoms with Gasteiger partial charge in [0.15, 0.2) is 5.76 Å². The molecule has 6 rings (SSSR count). The van der Waals surface area contributed by atoms with E-state index in [4.69, 9.17) is 14.1 Å². The Labute approximate surface area is 234 Å². The van der Waals surface area contributed by atoms with Gasteiger partial charge in [0.05, 0.1) is 17.1 Å². The molecular formula is C30H19Br2N3O3. The largest absolute Gasteiger partial charge is 0.488 e. The number of furan rings is 1. The van der Waals surface area contributed by atoms with Crippen LogP contribution in [0.3, 0.4) is 0 Å². The van der Waals surface area contributed by atoms with Crippen molar-refractivity contribution >= 4 is 59.9 Å². The summed E-state index contributed by atoms with van der Waals surface area (Å²) >= 11 is 6.95. The van der Waals surface area contributed by atoms with Crippen LogP contribution in [-0.2, 0) is 6.61 Å². The fourth-order valence-corrected chi connectivity index (χ4v) is 4.74. The van der Waals surface area contributed by atoms with E-state index in [0.29, 0.717) is 40.4 Å². The van der Waals surface area contributed by atoms with Gasteiger partial charge in [-0.15, -0.1) is 0 Å². The van der Waals surface area contributed by atoms with Gasteiger partial charge < -0.3 is 9.15 Å². The van der Waals surface area contributed by atoms with Gasteiger partial charge in [-0.2, -0.15) is 9.78 Å². The second kappa shape index (κ2) is 10.4.